The third-order valence-electron chi connectivity index (χ3n) is 5.85. The molecule has 3 N–H and O–H groups in total. The quantitative estimate of drug-likeness (QED) is 0.752. The van der Waals surface area contributed by atoms with E-state index in [1.54, 1.807) is 0 Å². The second-order valence-electron chi connectivity index (χ2n) is 7.44. The molecule has 16 heavy (non-hydrogen) atoms. The first-order valence-corrected chi connectivity index (χ1v) is 6.93. The Morgan fingerprint density at radius 1 is 1.19 bits per heavy atom. The van der Waals surface area contributed by atoms with Crippen molar-refractivity contribution in [1.29, 1.82) is 0 Å². The molecule has 2 nitrogen and oxygen atoms in total. The molecule has 3 unspecified atom stereocenters. The largest absolute Gasteiger partial charge is 0.328 e. The van der Waals surface area contributed by atoms with Crippen LogP contribution in [0.3, 0.4) is 0 Å². The Morgan fingerprint density at radius 2 is 1.88 bits per heavy atom. The van der Waals surface area contributed by atoms with Gasteiger partial charge in [0, 0.05) is 18.1 Å². The lowest BCUT2D eigenvalue weighted by Gasteiger charge is -2.47. The molecule has 3 saturated carbocycles. The molecule has 0 heterocycles. The summed E-state index contributed by atoms with van der Waals surface area (Å²) in [6, 6.07) is 1.89. The minimum atomic E-state index is 0.465. The smallest absolute Gasteiger partial charge is 0.0177 e. The highest BCUT2D eigenvalue weighted by molar-refractivity contribution is 5.13. The number of hydrogen-bond acceptors (Lipinski definition) is 2. The highest BCUT2D eigenvalue weighted by Gasteiger charge is 2.59. The van der Waals surface area contributed by atoms with Crippen molar-refractivity contribution >= 4 is 0 Å². The van der Waals surface area contributed by atoms with Gasteiger partial charge in [-0.2, -0.15) is 0 Å². The topological polar surface area (TPSA) is 38.0 Å². The highest BCUT2D eigenvalue weighted by Crippen LogP contribution is 2.62. The normalized spacial score (nSPS) is 54.0. The van der Waals surface area contributed by atoms with Gasteiger partial charge in [0.25, 0.3) is 0 Å². The average molecular weight is 222 g/mol. The molecule has 0 amide bonds. The van der Waals surface area contributed by atoms with Crippen molar-refractivity contribution in [1.82, 2.24) is 5.32 Å². The van der Waals surface area contributed by atoms with E-state index in [2.05, 4.69) is 26.1 Å². The molecule has 0 spiro atoms. The molecule has 0 aliphatic heterocycles. The standard InChI is InChI=1S/C14H26N2/c1-13(2)9-4-5-14(3,8-9)12(13)16-11-6-10(15)7-11/h9-12,16H,4-8,15H2,1-3H3. The van der Waals surface area contributed by atoms with Crippen LogP contribution in [-0.4, -0.2) is 18.1 Å². The zero-order chi connectivity index (χ0) is 11.6. The maximum atomic E-state index is 5.88. The van der Waals surface area contributed by atoms with E-state index >= 15 is 0 Å². The van der Waals surface area contributed by atoms with E-state index in [0.717, 1.165) is 12.0 Å². The SMILES string of the molecule is CC12CCC(C1)C(C)(C)C2NC1CC(N)C1. The van der Waals surface area contributed by atoms with Gasteiger partial charge in [-0.25, -0.2) is 0 Å². The Balaban J connectivity index is 1.73. The molecule has 3 aliphatic rings. The summed E-state index contributed by atoms with van der Waals surface area (Å²) in [4.78, 5) is 0. The summed E-state index contributed by atoms with van der Waals surface area (Å²) >= 11 is 0. The average Bonchev–Trinajstić information content (AvgIpc) is 2.60. The fourth-order valence-corrected chi connectivity index (χ4v) is 4.75. The van der Waals surface area contributed by atoms with Crippen molar-refractivity contribution in [3.63, 3.8) is 0 Å². The fraction of sp³-hybridized carbons (Fsp3) is 1.00. The molecule has 2 bridgehead atoms. The Hall–Kier alpha value is -0.0800. The van der Waals surface area contributed by atoms with E-state index in [4.69, 9.17) is 5.73 Å². The maximum Gasteiger partial charge on any atom is 0.0177 e. The van der Waals surface area contributed by atoms with E-state index in [1.807, 2.05) is 0 Å². The molecule has 0 aromatic heterocycles. The first-order valence-electron chi connectivity index (χ1n) is 6.93. The van der Waals surface area contributed by atoms with Crippen molar-refractivity contribution in [2.45, 2.75) is 71.0 Å². The summed E-state index contributed by atoms with van der Waals surface area (Å²) in [5, 5.41) is 3.93. The van der Waals surface area contributed by atoms with Crippen LogP contribution in [0.25, 0.3) is 0 Å². The molecular weight excluding hydrogens is 196 g/mol. The van der Waals surface area contributed by atoms with Crippen LogP contribution in [0.4, 0.5) is 0 Å². The van der Waals surface area contributed by atoms with Crippen molar-refractivity contribution in [2.75, 3.05) is 0 Å². The molecule has 3 fully saturated rings. The van der Waals surface area contributed by atoms with Gasteiger partial charge >= 0.3 is 0 Å². The van der Waals surface area contributed by atoms with E-state index in [1.165, 1.54) is 32.1 Å². The fourth-order valence-electron chi connectivity index (χ4n) is 4.75. The minimum Gasteiger partial charge on any atom is -0.328 e. The molecule has 0 saturated heterocycles. The Labute approximate surface area is 99.4 Å². The first-order chi connectivity index (χ1) is 7.42. The van der Waals surface area contributed by atoms with Crippen LogP contribution < -0.4 is 11.1 Å². The number of fused-ring (bicyclic) bond motifs is 2. The molecule has 3 atom stereocenters. The van der Waals surface area contributed by atoms with Gasteiger partial charge < -0.3 is 11.1 Å². The summed E-state index contributed by atoms with van der Waals surface area (Å²) in [6.45, 7) is 7.44. The third-order valence-corrected chi connectivity index (χ3v) is 5.85. The van der Waals surface area contributed by atoms with Gasteiger partial charge in [-0.3, -0.25) is 0 Å². The van der Waals surface area contributed by atoms with Crippen LogP contribution in [0.15, 0.2) is 0 Å². The Morgan fingerprint density at radius 3 is 2.38 bits per heavy atom. The second kappa shape index (κ2) is 3.23. The van der Waals surface area contributed by atoms with Gasteiger partial charge in [0.05, 0.1) is 0 Å². The summed E-state index contributed by atoms with van der Waals surface area (Å²) in [5.74, 6) is 0.948. The van der Waals surface area contributed by atoms with Crippen LogP contribution >= 0.6 is 0 Å². The highest BCUT2D eigenvalue weighted by atomic mass is 15.0. The molecule has 3 aliphatic carbocycles. The molecular formula is C14H26N2. The third kappa shape index (κ3) is 1.39. The predicted molar refractivity (Wildman–Crippen MR) is 67.2 cm³/mol. The van der Waals surface area contributed by atoms with Crippen molar-refractivity contribution in [3.05, 3.63) is 0 Å². The van der Waals surface area contributed by atoms with Gasteiger partial charge in [-0.05, 0) is 48.9 Å². The number of rotatable bonds is 2. The Kier molecular flexibility index (Phi) is 2.23. The Bertz CT molecular complexity index is 288. The van der Waals surface area contributed by atoms with Gasteiger partial charge in [0.1, 0.15) is 0 Å². The van der Waals surface area contributed by atoms with Crippen molar-refractivity contribution in [3.8, 4) is 0 Å². The maximum absolute atomic E-state index is 5.88. The lowest BCUT2D eigenvalue weighted by atomic mass is 9.67. The van der Waals surface area contributed by atoms with Crippen molar-refractivity contribution < 1.29 is 0 Å². The molecule has 0 radical (unpaired) electrons. The van der Waals surface area contributed by atoms with E-state index in [9.17, 15) is 0 Å². The zero-order valence-corrected chi connectivity index (χ0v) is 10.9. The first kappa shape index (κ1) is 11.0. The number of hydrogen-bond donors (Lipinski definition) is 2. The summed E-state index contributed by atoms with van der Waals surface area (Å²) in [7, 11) is 0. The lowest BCUT2D eigenvalue weighted by Crippen LogP contribution is -2.59. The van der Waals surface area contributed by atoms with Crippen LogP contribution in [0.2, 0.25) is 0 Å². The summed E-state index contributed by atoms with van der Waals surface area (Å²) in [5.41, 5.74) is 6.94. The van der Waals surface area contributed by atoms with Gasteiger partial charge in [0.15, 0.2) is 0 Å². The monoisotopic (exact) mass is 222 g/mol. The van der Waals surface area contributed by atoms with Gasteiger partial charge in [-0.15, -0.1) is 0 Å². The van der Waals surface area contributed by atoms with Gasteiger partial charge in [-0.1, -0.05) is 20.8 Å². The summed E-state index contributed by atoms with van der Waals surface area (Å²) in [6.07, 6.45) is 6.69. The molecule has 3 rings (SSSR count). The summed E-state index contributed by atoms with van der Waals surface area (Å²) < 4.78 is 0. The van der Waals surface area contributed by atoms with Crippen LogP contribution in [-0.2, 0) is 0 Å². The predicted octanol–water partition coefficient (Wildman–Crippen LogP) is 2.28. The van der Waals surface area contributed by atoms with Crippen LogP contribution in [0.1, 0.15) is 52.9 Å². The lowest BCUT2D eigenvalue weighted by molar-refractivity contribution is 0.0821. The van der Waals surface area contributed by atoms with Crippen molar-refractivity contribution in [2.24, 2.45) is 22.5 Å². The van der Waals surface area contributed by atoms with Crippen LogP contribution in [0, 0.1) is 16.7 Å². The van der Waals surface area contributed by atoms with E-state index < -0.39 is 0 Å². The van der Waals surface area contributed by atoms with E-state index in [0.29, 0.717) is 22.9 Å². The minimum absolute atomic E-state index is 0.465. The molecule has 2 heteroatoms. The van der Waals surface area contributed by atoms with E-state index in [-0.39, 0.29) is 0 Å². The molecule has 0 aromatic rings. The second-order valence-corrected chi connectivity index (χ2v) is 7.44. The zero-order valence-electron chi connectivity index (χ0n) is 10.9. The molecule has 92 valence electrons. The molecule has 0 aromatic carbocycles. The number of nitrogens with one attached hydrogen (secondary N) is 1. The van der Waals surface area contributed by atoms with Crippen LogP contribution in [0.5, 0.6) is 0 Å². The van der Waals surface area contributed by atoms with Gasteiger partial charge in [0.2, 0.25) is 0 Å². The number of nitrogens with two attached hydrogens (primary N) is 1.